The molecule has 0 unspecified atom stereocenters. The van der Waals surface area contributed by atoms with E-state index in [4.69, 9.17) is 9.15 Å². The number of hydrogen-bond acceptors (Lipinski definition) is 8. The second kappa shape index (κ2) is 12.0. The molecule has 12 heteroatoms. The van der Waals surface area contributed by atoms with Crippen molar-refractivity contribution in [2.24, 2.45) is 0 Å². The van der Waals surface area contributed by atoms with Crippen molar-refractivity contribution in [1.29, 1.82) is 0 Å². The van der Waals surface area contributed by atoms with Gasteiger partial charge in [-0.25, -0.2) is 31.6 Å². The Morgan fingerprint density at radius 1 is 0.951 bits per heavy atom. The summed E-state index contributed by atoms with van der Waals surface area (Å²) in [6, 6.07) is 16.2. The number of hydrogen-bond donors (Lipinski definition) is 2. The summed E-state index contributed by atoms with van der Waals surface area (Å²) in [5.74, 6) is -0.517. The van der Waals surface area contributed by atoms with Gasteiger partial charge in [-0.15, -0.1) is 0 Å². The molecule has 0 fully saturated rings. The van der Waals surface area contributed by atoms with Crippen LogP contribution in [0.15, 0.2) is 77.5 Å². The highest BCUT2D eigenvalue weighted by Crippen LogP contribution is 2.32. The predicted octanol–water partition coefficient (Wildman–Crippen LogP) is 5.76. The first-order valence-electron chi connectivity index (χ1n) is 12.5. The van der Waals surface area contributed by atoms with E-state index in [1.807, 2.05) is 0 Å². The van der Waals surface area contributed by atoms with E-state index in [1.165, 1.54) is 36.7 Å². The topological polar surface area (TPSA) is 106 Å². The predicted molar refractivity (Wildman–Crippen MR) is 149 cm³/mol. The molecule has 3 aromatic carbocycles. The first-order chi connectivity index (χ1) is 19.6. The van der Waals surface area contributed by atoms with Crippen LogP contribution in [0.1, 0.15) is 11.3 Å². The molecule has 41 heavy (non-hydrogen) atoms. The molecule has 2 heterocycles. The molecule has 0 saturated carbocycles. The summed E-state index contributed by atoms with van der Waals surface area (Å²) in [5, 5.41) is 6.49. The summed E-state index contributed by atoms with van der Waals surface area (Å²) in [6.45, 7) is 0.526. The first kappa shape index (κ1) is 28.1. The van der Waals surface area contributed by atoms with Crippen LogP contribution in [0.4, 0.5) is 24.7 Å². The molecule has 0 spiro atoms. The molecule has 0 bridgehead atoms. The molecule has 2 N–H and O–H groups in total. The molecule has 0 amide bonds. The van der Waals surface area contributed by atoms with Gasteiger partial charge in [-0.2, -0.15) is 0 Å². The van der Waals surface area contributed by atoms with Crippen LogP contribution in [0.2, 0.25) is 0 Å². The molecule has 8 nitrogen and oxygen atoms in total. The fraction of sp³-hybridized carbons (Fsp3) is 0.172. The van der Waals surface area contributed by atoms with Crippen LogP contribution in [0.3, 0.4) is 0 Å². The monoisotopic (exact) mass is 582 g/mol. The van der Waals surface area contributed by atoms with Gasteiger partial charge in [0.15, 0.2) is 11.6 Å². The minimum Gasteiger partial charge on any atom is -0.486 e. The zero-order chi connectivity index (χ0) is 29.0. The zero-order valence-corrected chi connectivity index (χ0v) is 22.6. The van der Waals surface area contributed by atoms with Gasteiger partial charge in [-0.05, 0) is 48.0 Å². The van der Waals surface area contributed by atoms with Crippen LogP contribution in [0.5, 0.6) is 5.75 Å². The van der Waals surface area contributed by atoms with Gasteiger partial charge in [-0.1, -0.05) is 12.1 Å². The van der Waals surface area contributed by atoms with Gasteiger partial charge in [-0.3, -0.25) is 0 Å². The van der Waals surface area contributed by atoms with Gasteiger partial charge in [0.25, 0.3) is 0 Å². The average molecular weight is 583 g/mol. The van der Waals surface area contributed by atoms with Crippen molar-refractivity contribution in [3.8, 4) is 17.1 Å². The lowest BCUT2D eigenvalue weighted by molar-refractivity contribution is 0.290. The summed E-state index contributed by atoms with van der Waals surface area (Å²) < 4.78 is 77.0. The van der Waals surface area contributed by atoms with Gasteiger partial charge in [0.05, 0.1) is 23.4 Å². The van der Waals surface area contributed by atoms with Crippen molar-refractivity contribution in [2.75, 3.05) is 23.9 Å². The van der Waals surface area contributed by atoms with Gasteiger partial charge >= 0.3 is 0 Å². The molecule has 0 radical (unpaired) electrons. The van der Waals surface area contributed by atoms with Gasteiger partial charge in [0.1, 0.15) is 51.7 Å². The number of benzene rings is 3. The SMILES string of the molecule is CS(=O)(=O)CCNCc1ccc(-c2cc3c(Nc4ccc(OCc5cccc(F)c5)c(F)c4)ncnc3cc2F)o1. The van der Waals surface area contributed by atoms with Crippen molar-refractivity contribution in [1.82, 2.24) is 15.3 Å². The van der Waals surface area contributed by atoms with Crippen molar-refractivity contribution in [2.45, 2.75) is 13.2 Å². The molecule has 0 atom stereocenters. The largest absolute Gasteiger partial charge is 0.486 e. The quantitative estimate of drug-likeness (QED) is 0.189. The Labute approximate surface area is 234 Å². The summed E-state index contributed by atoms with van der Waals surface area (Å²) >= 11 is 0. The number of ether oxygens (including phenoxy) is 1. The van der Waals surface area contributed by atoms with Crippen LogP contribution < -0.4 is 15.4 Å². The molecule has 0 aliphatic rings. The molecule has 0 aliphatic carbocycles. The van der Waals surface area contributed by atoms with Crippen LogP contribution >= 0.6 is 0 Å². The maximum atomic E-state index is 15.0. The summed E-state index contributed by atoms with van der Waals surface area (Å²) in [5.41, 5.74) is 1.43. The average Bonchev–Trinajstić information content (AvgIpc) is 3.39. The number of sulfone groups is 1. The third-order valence-electron chi connectivity index (χ3n) is 6.08. The number of aromatic nitrogens is 2. The van der Waals surface area contributed by atoms with Crippen LogP contribution in [0.25, 0.3) is 22.2 Å². The molecular weight excluding hydrogens is 557 g/mol. The summed E-state index contributed by atoms with van der Waals surface area (Å²) in [7, 11) is -3.09. The minimum atomic E-state index is -3.09. The number of rotatable bonds is 11. The Bertz CT molecular complexity index is 1810. The Hall–Kier alpha value is -4.42. The smallest absolute Gasteiger partial charge is 0.167 e. The summed E-state index contributed by atoms with van der Waals surface area (Å²) in [4.78, 5) is 8.40. The van der Waals surface area contributed by atoms with Crippen molar-refractivity contribution >= 4 is 32.2 Å². The lowest BCUT2D eigenvalue weighted by atomic mass is 10.1. The highest BCUT2D eigenvalue weighted by molar-refractivity contribution is 7.90. The lowest BCUT2D eigenvalue weighted by Crippen LogP contribution is -2.21. The molecule has 212 valence electrons. The summed E-state index contributed by atoms with van der Waals surface area (Å²) in [6.07, 6.45) is 2.43. The Balaban J connectivity index is 1.32. The third kappa shape index (κ3) is 7.21. The molecule has 5 rings (SSSR count). The number of fused-ring (bicyclic) bond motifs is 1. The number of furan rings is 1. The van der Waals surface area contributed by atoms with E-state index in [0.29, 0.717) is 33.7 Å². The standard InChI is InChI=1S/C29H25F3N4O4S/c1-41(37,38)10-9-33-15-21-6-8-27(40-21)22-13-23-26(14-24(22)31)34-17-35-29(23)36-20-5-7-28(25(32)12-20)39-16-18-3-2-4-19(30)11-18/h2-8,11-14,17,33H,9-10,15-16H2,1H3,(H,34,35,36). The Kier molecular flexibility index (Phi) is 8.22. The highest BCUT2D eigenvalue weighted by Gasteiger charge is 2.15. The number of anilines is 2. The van der Waals surface area contributed by atoms with Crippen LogP contribution in [0, 0.1) is 17.5 Å². The molecule has 2 aromatic heterocycles. The van der Waals surface area contributed by atoms with E-state index >= 15 is 4.39 Å². The van der Waals surface area contributed by atoms with E-state index in [9.17, 15) is 17.2 Å². The normalized spacial score (nSPS) is 11.6. The second-order valence-electron chi connectivity index (χ2n) is 9.33. The molecule has 0 aliphatic heterocycles. The van der Waals surface area contributed by atoms with Crippen LogP contribution in [-0.2, 0) is 23.0 Å². The Morgan fingerprint density at radius 3 is 2.59 bits per heavy atom. The van der Waals surface area contributed by atoms with E-state index < -0.39 is 27.3 Å². The van der Waals surface area contributed by atoms with Crippen molar-refractivity contribution < 1.29 is 30.7 Å². The van der Waals surface area contributed by atoms with E-state index in [1.54, 1.807) is 36.4 Å². The van der Waals surface area contributed by atoms with Gasteiger partial charge in [0.2, 0.25) is 0 Å². The number of nitrogens with one attached hydrogen (secondary N) is 2. The zero-order valence-electron chi connectivity index (χ0n) is 21.8. The molecule has 5 aromatic rings. The van der Waals surface area contributed by atoms with Gasteiger partial charge in [0, 0.05) is 36.0 Å². The lowest BCUT2D eigenvalue weighted by Gasteiger charge is -2.12. The van der Waals surface area contributed by atoms with E-state index in [-0.39, 0.29) is 42.5 Å². The van der Waals surface area contributed by atoms with Crippen molar-refractivity contribution in [3.05, 3.63) is 102 Å². The molecular formula is C29H25F3N4O4S. The maximum absolute atomic E-state index is 15.0. The van der Waals surface area contributed by atoms with Crippen molar-refractivity contribution in [3.63, 3.8) is 0 Å². The Morgan fingerprint density at radius 2 is 1.80 bits per heavy atom. The van der Waals surface area contributed by atoms with Crippen LogP contribution in [-0.4, -0.2) is 36.9 Å². The maximum Gasteiger partial charge on any atom is 0.167 e. The second-order valence-corrected chi connectivity index (χ2v) is 11.6. The van der Waals surface area contributed by atoms with E-state index in [2.05, 4.69) is 20.6 Å². The highest BCUT2D eigenvalue weighted by atomic mass is 32.2. The number of halogens is 3. The fourth-order valence-electron chi connectivity index (χ4n) is 4.07. The fourth-order valence-corrected chi connectivity index (χ4v) is 4.59. The molecule has 0 saturated heterocycles. The number of nitrogens with zero attached hydrogens (tertiary/aromatic N) is 2. The van der Waals surface area contributed by atoms with E-state index in [0.717, 1.165) is 6.26 Å². The first-order valence-corrected chi connectivity index (χ1v) is 14.6. The third-order valence-corrected chi connectivity index (χ3v) is 7.02. The van der Waals surface area contributed by atoms with Gasteiger partial charge < -0.3 is 19.8 Å². The minimum absolute atomic E-state index is 0.00243.